The highest BCUT2D eigenvalue weighted by Crippen LogP contribution is 2.53. The Morgan fingerprint density at radius 3 is 1.14 bits per heavy atom. The van der Waals surface area contributed by atoms with E-state index in [1.165, 1.54) is 9.80 Å². The molecule has 6 aliphatic rings. The first-order valence-electron chi connectivity index (χ1n) is 10.6. The summed E-state index contributed by atoms with van der Waals surface area (Å²) in [4.78, 5) is 53.7. The van der Waals surface area contributed by atoms with Crippen molar-refractivity contribution in [2.75, 3.05) is 13.1 Å². The molecular formula is C22H24N2O4. The monoisotopic (exact) mass is 380 g/mol. The molecule has 0 aromatic rings. The minimum Gasteiger partial charge on any atom is -0.282 e. The lowest BCUT2D eigenvalue weighted by molar-refractivity contribution is -0.143. The number of hydrogen-bond donors (Lipinski definition) is 0. The van der Waals surface area contributed by atoms with Crippen molar-refractivity contribution < 1.29 is 19.2 Å². The van der Waals surface area contributed by atoms with E-state index in [0.29, 0.717) is 25.9 Å². The topological polar surface area (TPSA) is 74.8 Å². The van der Waals surface area contributed by atoms with Crippen molar-refractivity contribution >= 4 is 23.6 Å². The van der Waals surface area contributed by atoms with Gasteiger partial charge in [0.1, 0.15) is 0 Å². The molecule has 4 aliphatic carbocycles. The molecule has 28 heavy (non-hydrogen) atoms. The van der Waals surface area contributed by atoms with Gasteiger partial charge in [-0.15, -0.1) is 0 Å². The van der Waals surface area contributed by atoms with Gasteiger partial charge in [-0.3, -0.25) is 29.0 Å². The zero-order valence-corrected chi connectivity index (χ0v) is 15.7. The fourth-order valence-corrected chi connectivity index (χ4v) is 6.91. The largest absolute Gasteiger partial charge is 0.282 e. The summed E-state index contributed by atoms with van der Waals surface area (Å²) in [5, 5.41) is 0. The molecule has 0 aromatic carbocycles. The Labute approximate surface area is 163 Å². The maximum atomic E-state index is 12.7. The van der Waals surface area contributed by atoms with E-state index in [9.17, 15) is 19.2 Å². The van der Waals surface area contributed by atoms with Crippen LogP contribution in [-0.4, -0.2) is 46.5 Å². The molecule has 0 aromatic heterocycles. The first kappa shape index (κ1) is 16.7. The number of unbranched alkanes of at least 4 members (excludes halogenated alkanes) is 1. The van der Waals surface area contributed by atoms with Gasteiger partial charge in [0, 0.05) is 13.1 Å². The van der Waals surface area contributed by atoms with E-state index in [1.807, 2.05) is 0 Å². The van der Waals surface area contributed by atoms with Crippen molar-refractivity contribution in [1.82, 2.24) is 9.80 Å². The van der Waals surface area contributed by atoms with Gasteiger partial charge < -0.3 is 0 Å². The fraction of sp³-hybridized carbons (Fsp3) is 0.636. The number of amides is 4. The fourth-order valence-electron chi connectivity index (χ4n) is 6.91. The summed E-state index contributed by atoms with van der Waals surface area (Å²) >= 11 is 0. The van der Waals surface area contributed by atoms with Crippen molar-refractivity contribution in [2.45, 2.75) is 25.7 Å². The standard InChI is InChI=1S/C22H24N2O4/c25-19-15-11-3-4-12(9-11)16(15)20(26)23(19)7-1-2-8-24-21(27)17-13-5-6-14(10-13)18(17)22(24)28/h3-6,11-18H,1-2,7-10H2/t11-,12-,13-,14-,15-,16-,17-,18+/m0/s1. The Morgan fingerprint density at radius 2 is 0.857 bits per heavy atom. The Balaban J connectivity index is 1.05. The van der Waals surface area contributed by atoms with E-state index in [0.717, 1.165) is 12.8 Å². The highest BCUT2D eigenvalue weighted by atomic mass is 16.2. The van der Waals surface area contributed by atoms with Crippen LogP contribution in [0, 0.1) is 47.3 Å². The molecule has 0 N–H and O–H groups in total. The number of nitrogens with zero attached hydrogens (tertiary/aromatic N) is 2. The Hall–Kier alpha value is -2.24. The zero-order chi connectivity index (χ0) is 19.2. The lowest BCUT2D eigenvalue weighted by atomic mass is 9.85. The molecule has 4 fully saturated rings. The van der Waals surface area contributed by atoms with Crippen LogP contribution in [0.15, 0.2) is 24.3 Å². The van der Waals surface area contributed by atoms with Crippen LogP contribution in [-0.2, 0) is 19.2 Å². The van der Waals surface area contributed by atoms with Crippen molar-refractivity contribution in [1.29, 1.82) is 0 Å². The van der Waals surface area contributed by atoms with Gasteiger partial charge in [0.05, 0.1) is 23.7 Å². The van der Waals surface area contributed by atoms with Crippen LogP contribution >= 0.6 is 0 Å². The number of carbonyl (C=O) groups is 4. The summed E-state index contributed by atoms with van der Waals surface area (Å²) in [6.07, 6.45) is 11.6. The van der Waals surface area contributed by atoms with Crippen LogP contribution in [0.25, 0.3) is 0 Å². The van der Waals surface area contributed by atoms with E-state index in [-0.39, 0.29) is 71.0 Å². The molecule has 4 amide bonds. The van der Waals surface area contributed by atoms with Gasteiger partial charge in [0.15, 0.2) is 0 Å². The molecule has 146 valence electrons. The number of fused-ring (bicyclic) bond motifs is 10. The SMILES string of the molecule is O=C1[C@@H]2[C@@H](C(=O)N1CCCCN1C(=O)[C@@H]3[C@H](C1=O)[C@H]1C=C[C@H]3C1)[C@H]1C=C[C@H]2C1. The van der Waals surface area contributed by atoms with Gasteiger partial charge in [0.2, 0.25) is 23.6 Å². The van der Waals surface area contributed by atoms with Crippen molar-refractivity contribution in [2.24, 2.45) is 47.3 Å². The van der Waals surface area contributed by atoms with Crippen LogP contribution in [0.5, 0.6) is 0 Å². The highest BCUT2D eigenvalue weighted by Gasteiger charge is 2.60. The molecule has 2 heterocycles. The Morgan fingerprint density at radius 1 is 0.571 bits per heavy atom. The molecule has 6 nitrogen and oxygen atoms in total. The number of rotatable bonds is 5. The lowest BCUT2D eigenvalue weighted by Crippen LogP contribution is -2.36. The van der Waals surface area contributed by atoms with E-state index >= 15 is 0 Å². The molecule has 6 rings (SSSR count). The molecule has 0 unspecified atom stereocenters. The molecule has 4 bridgehead atoms. The summed E-state index contributed by atoms with van der Waals surface area (Å²) in [7, 11) is 0. The van der Waals surface area contributed by atoms with Gasteiger partial charge in [-0.1, -0.05) is 24.3 Å². The summed E-state index contributed by atoms with van der Waals surface area (Å²) in [5.74, 6) is 0.291. The second-order valence-corrected chi connectivity index (χ2v) is 9.36. The second kappa shape index (κ2) is 5.65. The smallest absolute Gasteiger partial charge is 0.233 e. The third-order valence-electron chi connectivity index (χ3n) is 8.14. The first-order chi connectivity index (χ1) is 13.6. The van der Waals surface area contributed by atoms with E-state index in [1.54, 1.807) is 0 Å². The summed E-state index contributed by atoms with van der Waals surface area (Å²) in [6, 6.07) is 0. The molecular weight excluding hydrogens is 356 g/mol. The number of allylic oxidation sites excluding steroid dienone is 4. The summed E-state index contributed by atoms with van der Waals surface area (Å²) < 4.78 is 0. The van der Waals surface area contributed by atoms with Crippen molar-refractivity contribution in [3.63, 3.8) is 0 Å². The number of imide groups is 2. The quantitative estimate of drug-likeness (QED) is 0.410. The van der Waals surface area contributed by atoms with Crippen molar-refractivity contribution in [3.05, 3.63) is 24.3 Å². The third-order valence-corrected chi connectivity index (χ3v) is 8.14. The molecule has 0 spiro atoms. The predicted molar refractivity (Wildman–Crippen MR) is 98.1 cm³/mol. The molecule has 0 radical (unpaired) electrons. The van der Waals surface area contributed by atoms with Crippen LogP contribution < -0.4 is 0 Å². The second-order valence-electron chi connectivity index (χ2n) is 9.36. The molecule has 6 heteroatoms. The molecule has 2 aliphatic heterocycles. The van der Waals surface area contributed by atoms with E-state index in [4.69, 9.17) is 0 Å². The van der Waals surface area contributed by atoms with E-state index < -0.39 is 0 Å². The lowest BCUT2D eigenvalue weighted by Gasteiger charge is -2.19. The highest BCUT2D eigenvalue weighted by molar-refractivity contribution is 6.07. The first-order valence-corrected chi connectivity index (χ1v) is 10.6. The van der Waals surface area contributed by atoms with Gasteiger partial charge in [-0.05, 0) is 49.4 Å². The van der Waals surface area contributed by atoms with Crippen LogP contribution in [0.4, 0.5) is 0 Å². The predicted octanol–water partition coefficient (Wildman–Crippen LogP) is 1.38. The van der Waals surface area contributed by atoms with Crippen LogP contribution in [0.2, 0.25) is 0 Å². The Bertz CT molecular complexity index is 731. The summed E-state index contributed by atoms with van der Waals surface area (Å²) in [6.45, 7) is 0.806. The number of likely N-dealkylation sites (tertiary alicyclic amines) is 2. The normalized spacial score (nSPS) is 44.6. The Kier molecular flexibility index (Phi) is 3.37. The van der Waals surface area contributed by atoms with Gasteiger partial charge in [0.25, 0.3) is 0 Å². The molecule has 8 atom stereocenters. The minimum absolute atomic E-state index is 0.0163. The van der Waals surface area contributed by atoms with Gasteiger partial charge in [-0.2, -0.15) is 0 Å². The van der Waals surface area contributed by atoms with Crippen molar-refractivity contribution in [3.8, 4) is 0 Å². The minimum atomic E-state index is -0.147. The zero-order valence-electron chi connectivity index (χ0n) is 15.7. The number of carbonyl (C=O) groups excluding carboxylic acids is 4. The average molecular weight is 380 g/mol. The van der Waals surface area contributed by atoms with Gasteiger partial charge >= 0.3 is 0 Å². The maximum Gasteiger partial charge on any atom is 0.233 e. The van der Waals surface area contributed by atoms with Gasteiger partial charge in [-0.25, -0.2) is 0 Å². The van der Waals surface area contributed by atoms with Crippen LogP contribution in [0.3, 0.4) is 0 Å². The number of hydrogen-bond acceptors (Lipinski definition) is 4. The summed E-state index contributed by atoms with van der Waals surface area (Å²) in [5.41, 5.74) is 0. The van der Waals surface area contributed by atoms with E-state index in [2.05, 4.69) is 24.3 Å². The molecule has 2 saturated carbocycles. The maximum absolute atomic E-state index is 12.7. The average Bonchev–Trinajstić information content (AvgIpc) is 3.49. The third kappa shape index (κ3) is 1.98. The van der Waals surface area contributed by atoms with Crippen LogP contribution in [0.1, 0.15) is 25.7 Å². The molecule has 2 saturated heterocycles.